The number of halogens is 1. The van der Waals surface area contributed by atoms with Crippen LogP contribution in [0.1, 0.15) is 54.2 Å². The van der Waals surface area contributed by atoms with Crippen LogP contribution in [0.2, 0.25) is 0 Å². The number of aromatic nitrogens is 2. The Kier molecular flexibility index (Phi) is 5.21. The van der Waals surface area contributed by atoms with Gasteiger partial charge in [-0.25, -0.2) is 9.07 Å². The minimum absolute atomic E-state index is 0.0753. The van der Waals surface area contributed by atoms with E-state index in [0.29, 0.717) is 24.3 Å². The molecule has 136 valence electrons. The minimum atomic E-state index is -0.306. The van der Waals surface area contributed by atoms with Crippen molar-refractivity contribution < 1.29 is 13.6 Å². The fourth-order valence-electron chi connectivity index (χ4n) is 2.91. The summed E-state index contributed by atoms with van der Waals surface area (Å²) < 4.78 is 20.3. The molecule has 3 rings (SSSR count). The zero-order valence-corrected chi connectivity index (χ0v) is 15.1. The molecule has 26 heavy (non-hydrogen) atoms. The van der Waals surface area contributed by atoms with Crippen LogP contribution in [0.25, 0.3) is 5.69 Å². The van der Waals surface area contributed by atoms with Gasteiger partial charge in [-0.3, -0.25) is 4.79 Å². The summed E-state index contributed by atoms with van der Waals surface area (Å²) in [7, 11) is 0. The Morgan fingerprint density at radius 1 is 1.27 bits per heavy atom. The van der Waals surface area contributed by atoms with Gasteiger partial charge in [0.15, 0.2) is 0 Å². The van der Waals surface area contributed by atoms with Crippen molar-refractivity contribution >= 4 is 5.91 Å². The number of nitrogens with zero attached hydrogens (tertiary/aromatic N) is 2. The molecule has 0 spiro atoms. The smallest absolute Gasteiger partial charge is 0.255 e. The quantitative estimate of drug-likeness (QED) is 0.720. The number of carbonyl (C=O) groups excluding carboxylic acids is 1. The van der Waals surface area contributed by atoms with Crippen molar-refractivity contribution in [2.24, 2.45) is 0 Å². The zero-order chi connectivity index (χ0) is 18.7. The molecule has 6 heteroatoms. The Bertz CT molecular complexity index is 881. The van der Waals surface area contributed by atoms with Crippen molar-refractivity contribution in [2.75, 3.05) is 0 Å². The van der Waals surface area contributed by atoms with E-state index in [1.807, 2.05) is 26.8 Å². The molecule has 1 amide bonds. The van der Waals surface area contributed by atoms with Gasteiger partial charge in [0, 0.05) is 0 Å². The zero-order valence-electron chi connectivity index (χ0n) is 15.1. The molecule has 0 fully saturated rings. The molecule has 0 unspecified atom stereocenters. The second-order valence-electron chi connectivity index (χ2n) is 6.37. The standard InChI is InChI=1S/C20H22FN3O2/c1-4-17-18(20(25)22-12-16-6-5-11-26-16)19(13(2)3)23-24(17)15-9-7-14(21)8-10-15/h5-11,13H,4,12H2,1-3H3,(H,22,25). The summed E-state index contributed by atoms with van der Waals surface area (Å²) in [5, 5.41) is 7.56. The number of hydrogen-bond donors (Lipinski definition) is 1. The third kappa shape index (κ3) is 3.54. The molecule has 1 aromatic carbocycles. The lowest BCUT2D eigenvalue weighted by Crippen LogP contribution is -2.24. The van der Waals surface area contributed by atoms with Gasteiger partial charge in [0.25, 0.3) is 5.91 Å². The molecule has 0 aliphatic heterocycles. The van der Waals surface area contributed by atoms with Crippen molar-refractivity contribution in [2.45, 2.75) is 39.7 Å². The van der Waals surface area contributed by atoms with Crippen LogP contribution in [0.5, 0.6) is 0 Å². The number of nitrogens with one attached hydrogen (secondary N) is 1. The summed E-state index contributed by atoms with van der Waals surface area (Å²) in [4.78, 5) is 12.9. The summed E-state index contributed by atoms with van der Waals surface area (Å²) >= 11 is 0. The first-order valence-electron chi connectivity index (χ1n) is 8.69. The summed E-state index contributed by atoms with van der Waals surface area (Å²) in [6.07, 6.45) is 2.20. The van der Waals surface area contributed by atoms with Crippen LogP contribution in [-0.2, 0) is 13.0 Å². The number of hydrogen-bond acceptors (Lipinski definition) is 3. The van der Waals surface area contributed by atoms with Gasteiger partial charge in [0.05, 0.1) is 35.4 Å². The number of carbonyl (C=O) groups is 1. The summed E-state index contributed by atoms with van der Waals surface area (Å²) in [6.45, 7) is 6.29. The number of amides is 1. The summed E-state index contributed by atoms with van der Waals surface area (Å²) in [5.74, 6) is 0.273. The normalized spacial score (nSPS) is 11.1. The maximum atomic E-state index is 13.3. The van der Waals surface area contributed by atoms with Crippen LogP contribution in [0.15, 0.2) is 47.1 Å². The predicted molar refractivity (Wildman–Crippen MR) is 96.9 cm³/mol. The van der Waals surface area contributed by atoms with Crippen LogP contribution in [-0.4, -0.2) is 15.7 Å². The van der Waals surface area contributed by atoms with Crippen LogP contribution in [0.4, 0.5) is 4.39 Å². The first-order chi connectivity index (χ1) is 12.5. The van der Waals surface area contributed by atoms with Crippen molar-refractivity contribution in [1.29, 1.82) is 0 Å². The molecule has 0 saturated carbocycles. The molecule has 0 radical (unpaired) electrons. The van der Waals surface area contributed by atoms with Crippen LogP contribution < -0.4 is 5.32 Å². The average molecular weight is 355 g/mol. The van der Waals surface area contributed by atoms with Crippen molar-refractivity contribution in [3.63, 3.8) is 0 Å². The molecule has 0 bridgehead atoms. The van der Waals surface area contributed by atoms with E-state index in [1.165, 1.54) is 12.1 Å². The van der Waals surface area contributed by atoms with Crippen molar-refractivity contribution in [3.8, 4) is 5.69 Å². The Labute approximate surface area is 151 Å². The second-order valence-corrected chi connectivity index (χ2v) is 6.37. The highest BCUT2D eigenvalue weighted by atomic mass is 19.1. The van der Waals surface area contributed by atoms with E-state index in [2.05, 4.69) is 10.4 Å². The first-order valence-corrected chi connectivity index (χ1v) is 8.69. The molecule has 2 heterocycles. The third-order valence-electron chi connectivity index (χ3n) is 4.19. The molecular weight excluding hydrogens is 333 g/mol. The Morgan fingerprint density at radius 3 is 2.58 bits per heavy atom. The van der Waals surface area contributed by atoms with Gasteiger partial charge in [0.2, 0.25) is 0 Å². The van der Waals surface area contributed by atoms with Gasteiger partial charge in [0.1, 0.15) is 11.6 Å². The van der Waals surface area contributed by atoms with Crippen LogP contribution >= 0.6 is 0 Å². The lowest BCUT2D eigenvalue weighted by atomic mass is 10.0. The van der Waals surface area contributed by atoms with Gasteiger partial charge >= 0.3 is 0 Å². The van der Waals surface area contributed by atoms with Gasteiger partial charge < -0.3 is 9.73 Å². The lowest BCUT2D eigenvalue weighted by Gasteiger charge is -2.09. The number of furan rings is 1. The fraction of sp³-hybridized carbons (Fsp3) is 0.300. The van der Waals surface area contributed by atoms with Crippen LogP contribution in [0, 0.1) is 5.82 Å². The Morgan fingerprint density at radius 2 is 2.00 bits per heavy atom. The molecule has 0 aliphatic carbocycles. The molecule has 0 saturated heterocycles. The van der Waals surface area contributed by atoms with Gasteiger partial charge in [-0.05, 0) is 48.7 Å². The Balaban J connectivity index is 1.99. The topological polar surface area (TPSA) is 60.1 Å². The fourth-order valence-corrected chi connectivity index (χ4v) is 2.91. The van der Waals surface area contributed by atoms with Crippen molar-refractivity contribution in [3.05, 3.63) is 71.2 Å². The molecule has 0 atom stereocenters. The number of benzene rings is 1. The molecule has 3 aromatic rings. The SMILES string of the molecule is CCc1c(C(=O)NCc2ccco2)c(C(C)C)nn1-c1ccc(F)cc1. The monoisotopic (exact) mass is 355 g/mol. The van der Waals surface area contributed by atoms with Gasteiger partial charge in [-0.15, -0.1) is 0 Å². The van der Waals surface area contributed by atoms with E-state index >= 15 is 0 Å². The molecular formula is C20H22FN3O2. The van der Waals surface area contributed by atoms with E-state index < -0.39 is 0 Å². The minimum Gasteiger partial charge on any atom is -0.467 e. The highest BCUT2D eigenvalue weighted by Gasteiger charge is 2.25. The molecule has 0 aliphatic rings. The maximum Gasteiger partial charge on any atom is 0.255 e. The average Bonchev–Trinajstić information content (AvgIpc) is 3.27. The van der Waals surface area contributed by atoms with Gasteiger partial charge in [-0.1, -0.05) is 20.8 Å². The third-order valence-corrected chi connectivity index (χ3v) is 4.19. The predicted octanol–water partition coefficient (Wildman–Crippen LogP) is 4.22. The lowest BCUT2D eigenvalue weighted by molar-refractivity contribution is 0.0945. The summed E-state index contributed by atoms with van der Waals surface area (Å²) in [6, 6.07) is 9.70. The highest BCUT2D eigenvalue weighted by Crippen LogP contribution is 2.25. The van der Waals surface area contributed by atoms with Crippen LogP contribution in [0.3, 0.4) is 0 Å². The second kappa shape index (κ2) is 7.56. The molecule has 2 aromatic heterocycles. The van der Waals surface area contributed by atoms with E-state index in [0.717, 1.165) is 17.1 Å². The first kappa shape index (κ1) is 17.9. The molecule has 1 N–H and O–H groups in total. The maximum absolute atomic E-state index is 13.3. The van der Waals surface area contributed by atoms with Crippen molar-refractivity contribution in [1.82, 2.24) is 15.1 Å². The van der Waals surface area contributed by atoms with E-state index in [1.54, 1.807) is 29.1 Å². The van der Waals surface area contributed by atoms with E-state index in [-0.39, 0.29) is 17.6 Å². The Hall–Kier alpha value is -2.89. The van der Waals surface area contributed by atoms with E-state index in [4.69, 9.17) is 4.42 Å². The largest absolute Gasteiger partial charge is 0.467 e. The highest BCUT2D eigenvalue weighted by molar-refractivity contribution is 5.96. The van der Waals surface area contributed by atoms with E-state index in [9.17, 15) is 9.18 Å². The summed E-state index contributed by atoms with van der Waals surface area (Å²) in [5.41, 5.74) is 2.84. The number of rotatable bonds is 6. The molecule has 5 nitrogen and oxygen atoms in total. The van der Waals surface area contributed by atoms with Gasteiger partial charge in [-0.2, -0.15) is 5.10 Å².